The second-order valence-corrected chi connectivity index (χ2v) is 8.34. The Morgan fingerprint density at radius 1 is 1.19 bits per heavy atom. The van der Waals surface area contributed by atoms with Crippen molar-refractivity contribution in [1.82, 2.24) is 9.88 Å². The highest BCUT2D eigenvalue weighted by molar-refractivity contribution is 6.31. The Hall–Kier alpha value is -3.54. The fourth-order valence-electron chi connectivity index (χ4n) is 2.92. The molecule has 0 radical (unpaired) electrons. The lowest BCUT2D eigenvalue weighted by atomic mass is 10.1. The van der Waals surface area contributed by atoms with Gasteiger partial charge in [0.2, 0.25) is 5.91 Å². The van der Waals surface area contributed by atoms with Gasteiger partial charge in [0.1, 0.15) is 12.4 Å². The number of aromatic nitrogens is 1. The summed E-state index contributed by atoms with van der Waals surface area (Å²) in [5, 5.41) is 10.8. The van der Waals surface area contributed by atoms with Gasteiger partial charge in [-0.25, -0.2) is 4.79 Å². The summed E-state index contributed by atoms with van der Waals surface area (Å²) in [4.78, 5) is 38.7. The molecular weight excluding hydrogens is 505 g/mol. The van der Waals surface area contributed by atoms with E-state index in [0.717, 1.165) is 18.5 Å². The molecule has 2 aromatic rings. The molecule has 1 aliphatic rings. The Morgan fingerprint density at radius 3 is 2.39 bits per heavy atom. The third kappa shape index (κ3) is 10.8. The third-order valence-electron chi connectivity index (χ3n) is 4.83. The van der Waals surface area contributed by atoms with Gasteiger partial charge in [0, 0.05) is 54.7 Å². The Labute approximate surface area is 210 Å². The average Bonchev–Trinajstić information content (AvgIpc) is 3.63. The number of anilines is 1. The van der Waals surface area contributed by atoms with Crippen molar-refractivity contribution in [3.05, 3.63) is 53.3 Å². The number of benzene rings is 1. The third-order valence-corrected chi connectivity index (χ3v) is 5.05. The van der Waals surface area contributed by atoms with E-state index in [1.54, 1.807) is 35.5 Å². The number of amides is 2. The molecule has 1 aliphatic carbocycles. The quantitative estimate of drug-likeness (QED) is 0.378. The molecule has 0 unspecified atom stereocenters. The number of primary amides is 1. The second kappa shape index (κ2) is 13.5. The smallest absolute Gasteiger partial charge is 0.490 e. The first-order valence-electron chi connectivity index (χ1n) is 10.9. The summed E-state index contributed by atoms with van der Waals surface area (Å²) >= 11 is 6.21. The first-order chi connectivity index (χ1) is 17.0. The molecule has 0 aliphatic heterocycles. The van der Waals surface area contributed by atoms with Crippen molar-refractivity contribution in [3.8, 4) is 5.75 Å². The molecule has 9 nitrogen and oxygen atoms in total. The van der Waals surface area contributed by atoms with Crippen LogP contribution in [0.1, 0.15) is 29.6 Å². The van der Waals surface area contributed by atoms with E-state index in [0.29, 0.717) is 48.5 Å². The molecule has 1 heterocycles. The number of pyridine rings is 1. The molecule has 4 N–H and O–H groups in total. The number of nitrogens with two attached hydrogens (primary N) is 1. The van der Waals surface area contributed by atoms with Crippen molar-refractivity contribution < 1.29 is 37.4 Å². The zero-order chi connectivity index (χ0) is 26.7. The summed E-state index contributed by atoms with van der Waals surface area (Å²) in [5.41, 5.74) is 6.66. The van der Waals surface area contributed by atoms with E-state index < -0.39 is 18.1 Å². The molecule has 0 atom stereocenters. The van der Waals surface area contributed by atoms with Crippen LogP contribution in [-0.2, 0) is 9.59 Å². The van der Waals surface area contributed by atoms with Gasteiger partial charge < -0.3 is 25.8 Å². The number of hydrogen-bond donors (Lipinski definition) is 3. The van der Waals surface area contributed by atoms with Gasteiger partial charge in [-0.3, -0.25) is 14.6 Å². The minimum Gasteiger partial charge on any atom is -0.492 e. The van der Waals surface area contributed by atoms with Crippen molar-refractivity contribution in [3.63, 3.8) is 0 Å². The van der Waals surface area contributed by atoms with Gasteiger partial charge in [-0.05, 0) is 49.1 Å². The predicted molar refractivity (Wildman–Crippen MR) is 126 cm³/mol. The van der Waals surface area contributed by atoms with Gasteiger partial charge in [0.25, 0.3) is 5.91 Å². The molecule has 2 amide bonds. The fourth-order valence-corrected chi connectivity index (χ4v) is 3.14. The van der Waals surface area contributed by atoms with Gasteiger partial charge in [0.05, 0.1) is 0 Å². The Balaban J connectivity index is 0.000000572. The molecule has 196 valence electrons. The number of carbonyl (C=O) groups is 3. The topological polar surface area (TPSA) is 135 Å². The Kier molecular flexibility index (Phi) is 10.8. The van der Waals surface area contributed by atoms with Crippen LogP contribution in [0.4, 0.5) is 18.9 Å². The number of nitrogens with one attached hydrogen (secondary N) is 1. The van der Waals surface area contributed by atoms with Crippen LogP contribution >= 0.6 is 11.6 Å². The Morgan fingerprint density at radius 2 is 1.83 bits per heavy atom. The summed E-state index contributed by atoms with van der Waals surface area (Å²) in [6.07, 6.45) is 0.694. The summed E-state index contributed by atoms with van der Waals surface area (Å²) in [6.45, 7) is 1.93. The zero-order valence-electron chi connectivity index (χ0n) is 19.1. The maximum Gasteiger partial charge on any atom is 0.490 e. The summed E-state index contributed by atoms with van der Waals surface area (Å²) in [5.74, 6) is -2.32. The van der Waals surface area contributed by atoms with Crippen molar-refractivity contribution in [2.24, 2.45) is 11.7 Å². The van der Waals surface area contributed by atoms with Crippen LogP contribution in [0.2, 0.25) is 5.02 Å². The highest BCUT2D eigenvalue weighted by Gasteiger charge is 2.38. The molecule has 13 heteroatoms. The van der Waals surface area contributed by atoms with E-state index in [-0.39, 0.29) is 12.3 Å². The SMILES string of the molecule is NC(=O)CCN(CC1CC1)C(=O)c1cc(Cl)cc(OCCNc2ccncc2)c1.O=C(O)C(F)(F)F. The first kappa shape index (κ1) is 28.7. The molecule has 0 saturated heterocycles. The van der Waals surface area contributed by atoms with Crippen LogP contribution in [0.15, 0.2) is 42.7 Å². The fraction of sp³-hybridized carbons (Fsp3) is 0.391. The molecule has 36 heavy (non-hydrogen) atoms. The molecule has 0 bridgehead atoms. The van der Waals surface area contributed by atoms with Crippen LogP contribution in [-0.4, -0.2) is 65.2 Å². The van der Waals surface area contributed by atoms with E-state index in [1.807, 2.05) is 12.1 Å². The van der Waals surface area contributed by atoms with E-state index in [2.05, 4.69) is 10.3 Å². The first-order valence-corrected chi connectivity index (χ1v) is 11.3. The lowest BCUT2D eigenvalue weighted by Crippen LogP contribution is -2.35. The van der Waals surface area contributed by atoms with Gasteiger partial charge >= 0.3 is 12.1 Å². The molecule has 0 spiro atoms. The minimum absolute atomic E-state index is 0.142. The van der Waals surface area contributed by atoms with Crippen LogP contribution in [0.5, 0.6) is 5.75 Å². The van der Waals surface area contributed by atoms with Crippen molar-refractivity contribution in [1.29, 1.82) is 0 Å². The standard InChI is InChI=1S/C21H25ClN4O3.C2HF3O2/c22-17-11-16(21(28)26(9-5-20(23)27)14-15-1-2-15)12-19(13-17)29-10-8-25-18-3-6-24-7-4-18;3-2(4,5)1(6)7/h3-4,6-7,11-13,15H,1-2,5,8-10,14H2,(H2,23,27)(H,24,25);(H,6,7). The predicted octanol–water partition coefficient (Wildman–Crippen LogP) is 3.59. The molecule has 1 aromatic heterocycles. The number of carboxylic acids is 1. The Bertz CT molecular complexity index is 1040. The summed E-state index contributed by atoms with van der Waals surface area (Å²) in [7, 11) is 0. The number of ether oxygens (including phenoxy) is 1. The second-order valence-electron chi connectivity index (χ2n) is 7.90. The number of carbonyl (C=O) groups excluding carboxylic acids is 2. The normalized spacial score (nSPS) is 12.7. The number of hydrogen-bond acceptors (Lipinski definition) is 6. The summed E-state index contributed by atoms with van der Waals surface area (Å²) in [6, 6.07) is 8.73. The molecule has 3 rings (SSSR count). The lowest BCUT2D eigenvalue weighted by Gasteiger charge is -2.22. The van der Waals surface area contributed by atoms with Crippen LogP contribution in [0.25, 0.3) is 0 Å². The van der Waals surface area contributed by atoms with Gasteiger partial charge in [0.15, 0.2) is 0 Å². The molecular formula is C23H26ClF3N4O5. The minimum atomic E-state index is -5.08. The molecule has 1 fully saturated rings. The number of halogens is 4. The number of rotatable bonds is 11. The molecule has 1 saturated carbocycles. The zero-order valence-corrected chi connectivity index (χ0v) is 19.9. The average molecular weight is 531 g/mol. The highest BCUT2D eigenvalue weighted by Crippen LogP contribution is 2.31. The van der Waals surface area contributed by atoms with E-state index in [1.165, 1.54) is 0 Å². The number of aliphatic carboxylic acids is 1. The highest BCUT2D eigenvalue weighted by atomic mass is 35.5. The number of carboxylic acid groups (broad SMARTS) is 1. The summed E-state index contributed by atoms with van der Waals surface area (Å²) < 4.78 is 37.5. The van der Waals surface area contributed by atoms with Crippen LogP contribution in [0, 0.1) is 5.92 Å². The number of nitrogens with zero attached hydrogens (tertiary/aromatic N) is 2. The van der Waals surface area contributed by atoms with E-state index >= 15 is 0 Å². The lowest BCUT2D eigenvalue weighted by molar-refractivity contribution is -0.192. The number of alkyl halides is 3. The van der Waals surface area contributed by atoms with E-state index in [9.17, 15) is 22.8 Å². The van der Waals surface area contributed by atoms with Crippen molar-refractivity contribution in [2.75, 3.05) is 31.6 Å². The van der Waals surface area contributed by atoms with Gasteiger partial charge in [-0.15, -0.1) is 0 Å². The van der Waals surface area contributed by atoms with Crippen molar-refractivity contribution in [2.45, 2.75) is 25.4 Å². The van der Waals surface area contributed by atoms with E-state index in [4.69, 9.17) is 32.0 Å². The van der Waals surface area contributed by atoms with Gasteiger partial charge in [-0.2, -0.15) is 13.2 Å². The molecule has 1 aromatic carbocycles. The monoisotopic (exact) mass is 530 g/mol. The van der Waals surface area contributed by atoms with Crippen molar-refractivity contribution >= 4 is 35.1 Å². The maximum atomic E-state index is 13.0. The van der Waals surface area contributed by atoms with Gasteiger partial charge in [-0.1, -0.05) is 11.6 Å². The van der Waals surface area contributed by atoms with Crippen LogP contribution < -0.4 is 15.8 Å². The van der Waals surface area contributed by atoms with Crippen LogP contribution in [0.3, 0.4) is 0 Å². The maximum absolute atomic E-state index is 13.0. The largest absolute Gasteiger partial charge is 0.492 e.